The van der Waals surface area contributed by atoms with Crippen LogP contribution in [0.25, 0.3) is 0 Å². The second-order valence-electron chi connectivity index (χ2n) is 0. The molecular weight excluding hydrogens is 573 g/mol. The van der Waals surface area contributed by atoms with Gasteiger partial charge in [-0.15, -0.1) is 0 Å². The average Bonchev–Trinajstić information content (AvgIpc) is 0. The molecule has 0 bridgehead atoms. The Balaban J connectivity index is 0. The normalized spacial score (nSPS) is 0. The summed E-state index contributed by atoms with van der Waals surface area (Å²) in [6, 6.07) is 0. The molecule has 0 fully saturated rings. The monoisotopic (exact) mass is 574 g/mol. The molecule has 0 unspecified atom stereocenters. The van der Waals surface area contributed by atoms with Gasteiger partial charge in [0, 0.05) is 0 Å². The number of halogens is 4. The van der Waals surface area contributed by atoms with Crippen LogP contribution in [-0.4, -0.2) is 0 Å². The second kappa shape index (κ2) is 25.7. The van der Waals surface area contributed by atoms with Gasteiger partial charge < -0.3 is 71.9 Å². The summed E-state index contributed by atoms with van der Waals surface area (Å²) in [6.45, 7) is 0. The van der Waals surface area contributed by atoms with E-state index >= 15 is 0 Å². The van der Waals surface area contributed by atoms with Crippen LogP contribution in [0.15, 0.2) is 0 Å². The molecule has 5 heteroatoms. The maximum Gasteiger partial charge on any atom is 2.00 e. The zero-order valence-corrected chi connectivity index (χ0v) is 14.3. The van der Waals surface area contributed by atoms with Gasteiger partial charge in [-0.25, -0.2) is 0 Å². The number of hydrogen-bond acceptors (Lipinski definition) is 0. The molecule has 0 aliphatic carbocycles. The van der Waals surface area contributed by atoms with Gasteiger partial charge in [-0.05, 0) is 0 Å². The van der Waals surface area contributed by atoms with Crippen LogP contribution in [0.2, 0.25) is 0 Å². The van der Waals surface area contributed by atoms with Crippen LogP contribution >= 0.6 is 0 Å². The number of hydrogen-bond donors (Lipinski definition) is 0. The SMILES string of the molecule is [I-].[I-].[I-].[IH2+].[Zn+2]. The van der Waals surface area contributed by atoms with E-state index in [1.165, 1.54) is 0 Å². The summed E-state index contributed by atoms with van der Waals surface area (Å²) in [7, 11) is 0. The molecule has 0 rings (SSSR count). The van der Waals surface area contributed by atoms with Crippen molar-refractivity contribution in [2.75, 3.05) is 0 Å². The first-order valence-electron chi connectivity index (χ1n) is 0. The van der Waals surface area contributed by atoms with Crippen molar-refractivity contribution in [2.45, 2.75) is 0 Å². The smallest absolute Gasteiger partial charge is 1.00 e. The predicted molar refractivity (Wildman–Crippen MR) is 2.79 cm³/mol. The van der Waals surface area contributed by atoms with Crippen molar-refractivity contribution in [1.82, 2.24) is 0 Å². The van der Waals surface area contributed by atoms with E-state index in [4.69, 9.17) is 0 Å². The van der Waals surface area contributed by atoms with E-state index in [1.54, 1.807) is 0 Å². The van der Waals surface area contributed by atoms with Gasteiger partial charge in [0.1, 0.15) is 0 Å². The Labute approximate surface area is 113 Å². The standard InChI is InChI=1S/H2I.3HI.Zn/h1H2;3*1H;/q+1;;;;+2/p-3. The Morgan fingerprint density at radius 3 is 0.600 bits per heavy atom. The molecule has 0 aromatic carbocycles. The summed E-state index contributed by atoms with van der Waals surface area (Å²) >= 11 is 0. The molecule has 0 atom stereocenters. The first-order valence-corrected chi connectivity index (χ1v) is 0. The van der Waals surface area contributed by atoms with Gasteiger partial charge in [0.25, 0.3) is 0 Å². The minimum absolute atomic E-state index is 0. The third kappa shape index (κ3) is 18.5. The number of rotatable bonds is 0. The Kier molecular flexibility index (Phi) is 199. The fourth-order valence-corrected chi connectivity index (χ4v) is 0. The molecule has 0 nitrogen and oxygen atoms in total. The van der Waals surface area contributed by atoms with Gasteiger partial charge in [-0.1, -0.05) is 0 Å². The fraction of sp³-hybridized carbons (Fsp3) is 0. The van der Waals surface area contributed by atoms with E-state index in [9.17, 15) is 0 Å². The van der Waals surface area contributed by atoms with Crippen LogP contribution in [0, 0.1) is 0 Å². The van der Waals surface area contributed by atoms with Gasteiger partial charge in [0.2, 0.25) is 24.0 Å². The van der Waals surface area contributed by atoms with Gasteiger partial charge in [0.15, 0.2) is 0 Å². The van der Waals surface area contributed by atoms with E-state index in [2.05, 4.69) is 0 Å². The molecule has 0 heterocycles. The molecule has 0 aromatic rings. The van der Waals surface area contributed by atoms with Gasteiger partial charge >= 0.3 is 19.5 Å². The predicted octanol–water partition coefficient (Wildman–Crippen LogP) is -12.5. The second-order valence-corrected chi connectivity index (χ2v) is 0. The fourth-order valence-electron chi connectivity index (χ4n) is 0. The van der Waals surface area contributed by atoms with E-state index in [0.29, 0.717) is 0 Å². The molecule has 0 amide bonds. The Bertz CT molecular complexity index is 3.61. The molecule has 0 saturated carbocycles. The molecule has 0 radical (unpaired) electrons. The zero-order valence-electron chi connectivity index (χ0n) is 2.29. The largest absolute Gasteiger partial charge is 2.00 e. The molecule has 0 aliphatic rings. The van der Waals surface area contributed by atoms with Crippen molar-refractivity contribution in [3.05, 3.63) is 0 Å². The first kappa shape index (κ1) is 38.7. The third-order valence-corrected chi connectivity index (χ3v) is 0. The van der Waals surface area contributed by atoms with Crippen LogP contribution in [0.3, 0.4) is 0 Å². The third-order valence-electron chi connectivity index (χ3n) is 0. The van der Waals surface area contributed by atoms with Crippen molar-refractivity contribution in [3.63, 3.8) is 0 Å². The van der Waals surface area contributed by atoms with Crippen molar-refractivity contribution >= 4 is 0 Å². The molecule has 0 N–H and O–H groups in total. The minimum Gasteiger partial charge on any atom is -1.00 e. The summed E-state index contributed by atoms with van der Waals surface area (Å²) in [6.07, 6.45) is 0. The van der Waals surface area contributed by atoms with Gasteiger partial charge in [-0.2, -0.15) is 0 Å². The molecule has 5 heavy (non-hydrogen) atoms. The van der Waals surface area contributed by atoms with Gasteiger partial charge in [-0.3, -0.25) is 0 Å². The maximum absolute atomic E-state index is 0. The zero-order chi connectivity index (χ0) is 0. The van der Waals surface area contributed by atoms with Crippen LogP contribution in [0.5, 0.6) is 0 Å². The van der Waals surface area contributed by atoms with Crippen LogP contribution < -0.4 is 95.9 Å². The van der Waals surface area contributed by atoms with E-state index < -0.39 is 0 Å². The van der Waals surface area contributed by atoms with Crippen LogP contribution in [0.1, 0.15) is 0 Å². The van der Waals surface area contributed by atoms with E-state index in [-0.39, 0.29) is 115 Å². The minimum atomic E-state index is 0. The topological polar surface area (TPSA) is 0 Å². The summed E-state index contributed by atoms with van der Waals surface area (Å²) in [5.41, 5.74) is 0. The van der Waals surface area contributed by atoms with Crippen molar-refractivity contribution in [3.8, 4) is 0 Å². The van der Waals surface area contributed by atoms with Crippen molar-refractivity contribution in [2.24, 2.45) is 0 Å². The maximum atomic E-state index is 0. The summed E-state index contributed by atoms with van der Waals surface area (Å²) in [5.74, 6) is 0. The van der Waals surface area contributed by atoms with Crippen molar-refractivity contribution in [1.29, 1.82) is 0 Å². The summed E-state index contributed by atoms with van der Waals surface area (Å²) in [5, 5.41) is 0. The molecule has 0 aliphatic heterocycles. The molecule has 32 valence electrons. The summed E-state index contributed by atoms with van der Waals surface area (Å²) < 4.78 is 0. The summed E-state index contributed by atoms with van der Waals surface area (Å²) in [4.78, 5) is 0. The van der Waals surface area contributed by atoms with E-state index in [0.717, 1.165) is 0 Å². The van der Waals surface area contributed by atoms with Crippen molar-refractivity contribution < 1.29 is 115 Å². The quantitative estimate of drug-likeness (QED) is 0.199. The van der Waals surface area contributed by atoms with Gasteiger partial charge in [0.05, 0.1) is 0 Å². The molecule has 0 aromatic heterocycles. The Morgan fingerprint density at radius 2 is 0.600 bits per heavy atom. The molecule has 0 spiro atoms. The Hall–Kier alpha value is 3.54. The van der Waals surface area contributed by atoms with Crippen LogP contribution in [-0.2, 0) is 19.5 Å². The van der Waals surface area contributed by atoms with Crippen LogP contribution in [0.4, 0.5) is 0 Å². The Morgan fingerprint density at radius 1 is 0.600 bits per heavy atom. The molecular formula is H2I4Zn. The van der Waals surface area contributed by atoms with E-state index in [1.807, 2.05) is 0 Å². The molecule has 0 saturated heterocycles. The average molecular weight is 575 g/mol. The first-order chi connectivity index (χ1) is 0.